The van der Waals surface area contributed by atoms with Gasteiger partial charge in [0.1, 0.15) is 5.52 Å². The molecule has 0 spiro atoms. The Morgan fingerprint density at radius 3 is 2.15 bits per heavy atom. The van der Waals surface area contributed by atoms with E-state index in [1.54, 1.807) is 0 Å². The van der Waals surface area contributed by atoms with Gasteiger partial charge in [-0.15, -0.1) is 0 Å². The molecule has 0 saturated carbocycles. The van der Waals surface area contributed by atoms with E-state index in [1.165, 1.54) is 49.7 Å². The van der Waals surface area contributed by atoms with E-state index in [4.69, 9.17) is 4.98 Å². The second-order valence-corrected chi connectivity index (χ2v) is 12.1. The number of aryl methyl sites for hydroxylation is 2. The third kappa shape index (κ3) is 3.58. The molecule has 3 nitrogen and oxygen atoms in total. The highest BCUT2D eigenvalue weighted by Crippen LogP contribution is 2.37. The van der Waals surface area contributed by atoms with Crippen molar-refractivity contribution >= 4 is 38.5 Å². The van der Waals surface area contributed by atoms with Crippen molar-refractivity contribution in [2.24, 2.45) is 17.9 Å². The summed E-state index contributed by atoms with van der Waals surface area (Å²) in [6, 6.07) is 15.7. The summed E-state index contributed by atoms with van der Waals surface area (Å²) in [5.41, 5.74) is 10.7. The Bertz CT molecular complexity index is 1540. The summed E-state index contributed by atoms with van der Waals surface area (Å²) in [6.07, 6.45) is 4.01. The number of imidazole rings is 1. The molecule has 0 amide bonds. The summed E-state index contributed by atoms with van der Waals surface area (Å²) in [7, 11) is 2.20. The zero-order valence-electron chi connectivity index (χ0n) is 21.4. The number of rotatable bonds is 2. The van der Waals surface area contributed by atoms with Crippen molar-refractivity contribution in [2.75, 3.05) is 0 Å². The van der Waals surface area contributed by atoms with E-state index in [0.29, 0.717) is 0 Å². The molecule has 0 aliphatic carbocycles. The molecule has 0 N–H and O–H groups in total. The van der Waals surface area contributed by atoms with Crippen LogP contribution in [-0.2, 0) is 19.9 Å². The van der Waals surface area contributed by atoms with Gasteiger partial charge in [-0.3, -0.25) is 4.98 Å². The van der Waals surface area contributed by atoms with Crippen LogP contribution in [0.3, 0.4) is 0 Å². The zero-order chi connectivity index (χ0) is 23.7. The maximum Gasteiger partial charge on any atom is 0.297 e. The maximum absolute atomic E-state index is 4.98. The predicted octanol–water partition coefficient (Wildman–Crippen LogP) is 7.10. The summed E-state index contributed by atoms with van der Waals surface area (Å²) in [4.78, 5) is 4.98. The molecule has 5 aromatic rings. The topological polar surface area (TPSA) is 21.2 Å². The van der Waals surface area contributed by atoms with Crippen LogP contribution in [0, 0.1) is 17.8 Å². The first-order valence-electron chi connectivity index (χ1n) is 12.1. The minimum absolute atomic E-state index is 0.195. The van der Waals surface area contributed by atoms with E-state index in [2.05, 4.69) is 107 Å². The van der Waals surface area contributed by atoms with Crippen LogP contribution in [0.5, 0.6) is 0 Å². The standard InChI is InChI=1S/C30H36N3/c1-19-15-16-31-26-24(19)28-32(8)23-14-10-12-21(18-30(5,6)7)27(23)33(28)22-13-9-11-20(25(22)26)17-29(2,3)4/h9-16H,17-18H2,1-8H3/q+1. The third-order valence-corrected chi connectivity index (χ3v) is 6.64. The molecule has 33 heavy (non-hydrogen) atoms. The van der Waals surface area contributed by atoms with Gasteiger partial charge in [0, 0.05) is 11.8 Å². The molecule has 0 bridgehead atoms. The van der Waals surface area contributed by atoms with E-state index in [1.807, 2.05) is 6.20 Å². The fourth-order valence-electron chi connectivity index (χ4n) is 5.50. The van der Waals surface area contributed by atoms with E-state index < -0.39 is 0 Å². The molecule has 0 fully saturated rings. The van der Waals surface area contributed by atoms with Crippen LogP contribution in [0.2, 0.25) is 0 Å². The molecule has 5 rings (SSSR count). The average Bonchev–Trinajstić information content (AvgIpc) is 3.00. The first-order chi connectivity index (χ1) is 15.5. The lowest BCUT2D eigenvalue weighted by Gasteiger charge is -2.20. The van der Waals surface area contributed by atoms with Crippen molar-refractivity contribution in [1.29, 1.82) is 0 Å². The van der Waals surface area contributed by atoms with Crippen LogP contribution in [0.4, 0.5) is 0 Å². The highest BCUT2D eigenvalue weighted by atomic mass is 15.1. The van der Waals surface area contributed by atoms with Crippen LogP contribution < -0.4 is 4.57 Å². The molecule has 0 unspecified atom stereocenters. The zero-order valence-corrected chi connectivity index (χ0v) is 21.4. The summed E-state index contributed by atoms with van der Waals surface area (Å²) >= 11 is 0. The number of pyridine rings is 2. The predicted molar refractivity (Wildman–Crippen MR) is 140 cm³/mol. The number of fused-ring (bicyclic) bond motifs is 8. The Kier molecular flexibility index (Phi) is 4.83. The van der Waals surface area contributed by atoms with Crippen LogP contribution >= 0.6 is 0 Å². The lowest BCUT2D eigenvalue weighted by Crippen LogP contribution is -2.27. The van der Waals surface area contributed by atoms with Gasteiger partial charge in [-0.05, 0) is 59.9 Å². The number of hydrogen-bond donors (Lipinski definition) is 0. The van der Waals surface area contributed by atoms with Crippen molar-refractivity contribution in [2.45, 2.75) is 61.3 Å². The van der Waals surface area contributed by atoms with Gasteiger partial charge in [-0.2, -0.15) is 4.40 Å². The first-order valence-corrected chi connectivity index (χ1v) is 12.1. The number of hydrogen-bond acceptors (Lipinski definition) is 1. The van der Waals surface area contributed by atoms with E-state index in [0.717, 1.165) is 18.4 Å². The van der Waals surface area contributed by atoms with Crippen molar-refractivity contribution in [3.63, 3.8) is 0 Å². The molecule has 3 heteroatoms. The van der Waals surface area contributed by atoms with Gasteiger partial charge in [0.15, 0.2) is 11.0 Å². The van der Waals surface area contributed by atoms with Crippen LogP contribution in [-0.4, -0.2) is 9.38 Å². The molecule has 0 aliphatic rings. The number of para-hydroxylation sites is 1. The summed E-state index contributed by atoms with van der Waals surface area (Å²) in [6.45, 7) is 16.1. The summed E-state index contributed by atoms with van der Waals surface area (Å²) < 4.78 is 4.89. The van der Waals surface area contributed by atoms with Crippen LogP contribution in [0.15, 0.2) is 48.7 Å². The second-order valence-electron chi connectivity index (χ2n) is 12.1. The van der Waals surface area contributed by atoms with Gasteiger partial charge in [0.25, 0.3) is 5.65 Å². The highest BCUT2D eigenvalue weighted by Gasteiger charge is 2.29. The van der Waals surface area contributed by atoms with Crippen molar-refractivity contribution in [1.82, 2.24) is 9.38 Å². The molecule has 2 aromatic carbocycles. The summed E-state index contributed by atoms with van der Waals surface area (Å²) in [5.74, 6) is 0. The lowest BCUT2D eigenvalue weighted by molar-refractivity contribution is -0.617. The van der Waals surface area contributed by atoms with E-state index >= 15 is 0 Å². The van der Waals surface area contributed by atoms with Crippen molar-refractivity contribution in [3.05, 3.63) is 65.4 Å². The van der Waals surface area contributed by atoms with Crippen LogP contribution in [0.25, 0.3) is 38.5 Å². The molecule has 0 aliphatic heterocycles. The second kappa shape index (κ2) is 7.28. The quantitative estimate of drug-likeness (QED) is 0.213. The molecule has 0 radical (unpaired) electrons. The maximum atomic E-state index is 4.98. The molecule has 3 heterocycles. The Morgan fingerprint density at radius 1 is 0.818 bits per heavy atom. The number of benzene rings is 2. The molecule has 0 saturated heterocycles. The van der Waals surface area contributed by atoms with E-state index in [-0.39, 0.29) is 10.8 Å². The molecule has 170 valence electrons. The van der Waals surface area contributed by atoms with Gasteiger partial charge in [0.05, 0.1) is 23.3 Å². The van der Waals surface area contributed by atoms with Gasteiger partial charge in [-0.1, -0.05) is 65.8 Å². The monoisotopic (exact) mass is 438 g/mol. The summed E-state index contributed by atoms with van der Waals surface area (Å²) in [5, 5.41) is 2.55. The van der Waals surface area contributed by atoms with E-state index in [9.17, 15) is 0 Å². The third-order valence-electron chi connectivity index (χ3n) is 6.64. The fraction of sp³-hybridized carbons (Fsp3) is 0.400. The largest absolute Gasteiger partial charge is 0.297 e. The number of nitrogens with zero attached hydrogens (tertiary/aromatic N) is 3. The fourth-order valence-corrected chi connectivity index (χ4v) is 5.50. The van der Waals surface area contributed by atoms with Gasteiger partial charge < -0.3 is 0 Å². The average molecular weight is 439 g/mol. The lowest BCUT2D eigenvalue weighted by atomic mass is 9.86. The highest BCUT2D eigenvalue weighted by molar-refractivity contribution is 6.13. The Hall–Kier alpha value is -2.94. The smallest absolute Gasteiger partial charge is 0.255 e. The number of aromatic nitrogens is 3. The first kappa shape index (κ1) is 21.9. The molecular weight excluding hydrogens is 402 g/mol. The molecule has 3 aromatic heterocycles. The van der Waals surface area contributed by atoms with Crippen molar-refractivity contribution in [3.8, 4) is 0 Å². The Labute approximate surface area is 197 Å². The molecule has 0 atom stereocenters. The van der Waals surface area contributed by atoms with Gasteiger partial charge in [-0.25, -0.2) is 4.57 Å². The molecular formula is C30H36N3+. The Balaban J connectivity index is 2.08. The van der Waals surface area contributed by atoms with Gasteiger partial charge in [0.2, 0.25) is 0 Å². The minimum atomic E-state index is 0.195. The van der Waals surface area contributed by atoms with Crippen LogP contribution in [0.1, 0.15) is 58.2 Å². The minimum Gasteiger partial charge on any atom is -0.255 e. The Morgan fingerprint density at radius 2 is 1.45 bits per heavy atom. The normalized spacial score (nSPS) is 13.1. The van der Waals surface area contributed by atoms with Gasteiger partial charge >= 0.3 is 0 Å². The van der Waals surface area contributed by atoms with Crippen molar-refractivity contribution < 1.29 is 4.57 Å². The SMILES string of the molecule is Cc1ccnc2c3c(CC(C)(C)C)cccc3n3c4c(CC(C)(C)C)cccc4[n+](C)c3c12.